The number of rotatable bonds is 3. The Kier molecular flexibility index (Phi) is 3.84. The fourth-order valence-electron chi connectivity index (χ4n) is 2.50. The summed E-state index contributed by atoms with van der Waals surface area (Å²) in [6.07, 6.45) is 3.52. The van der Waals surface area contributed by atoms with Crippen LogP contribution in [0.4, 0.5) is 0 Å². The molecule has 0 radical (unpaired) electrons. The Balaban J connectivity index is 2.13. The van der Waals surface area contributed by atoms with Crippen LogP contribution in [0.1, 0.15) is 25.7 Å². The van der Waals surface area contributed by atoms with Crippen LogP contribution < -0.4 is 0 Å². The van der Waals surface area contributed by atoms with E-state index in [1.807, 2.05) is 0 Å². The van der Waals surface area contributed by atoms with Crippen LogP contribution in [0, 0.1) is 0 Å². The average Bonchev–Trinajstić information content (AvgIpc) is 2.83. The lowest BCUT2D eigenvalue weighted by molar-refractivity contribution is 0.0105. The molecular weight excluding hydrogens is 230 g/mol. The Morgan fingerprint density at radius 3 is 2.62 bits per heavy atom. The van der Waals surface area contributed by atoms with E-state index < -0.39 is 10.0 Å². The summed E-state index contributed by atoms with van der Waals surface area (Å²) < 4.78 is 31.3. The first-order valence-electron chi connectivity index (χ1n) is 5.85. The number of hydrogen-bond donors (Lipinski definition) is 1. The molecular formula is C10H19NO4S. The SMILES string of the molecule is O=S(=O)(C1CCCC1)N1CCOCC1CO. The molecule has 1 heterocycles. The molecule has 1 unspecified atom stereocenters. The highest BCUT2D eigenvalue weighted by molar-refractivity contribution is 7.89. The van der Waals surface area contributed by atoms with E-state index in [1.54, 1.807) is 0 Å². The van der Waals surface area contributed by atoms with E-state index in [0.29, 0.717) is 19.8 Å². The number of hydrogen-bond acceptors (Lipinski definition) is 4. The summed E-state index contributed by atoms with van der Waals surface area (Å²) in [6, 6.07) is -0.389. The van der Waals surface area contributed by atoms with Crippen molar-refractivity contribution in [2.75, 3.05) is 26.4 Å². The zero-order valence-corrected chi connectivity index (χ0v) is 10.2. The number of aliphatic hydroxyl groups is 1. The second-order valence-electron chi connectivity index (χ2n) is 4.47. The van der Waals surface area contributed by atoms with Crippen LogP contribution in [0.15, 0.2) is 0 Å². The highest BCUT2D eigenvalue weighted by atomic mass is 32.2. The van der Waals surface area contributed by atoms with E-state index in [9.17, 15) is 13.5 Å². The molecule has 1 aliphatic heterocycles. The third-order valence-electron chi connectivity index (χ3n) is 3.43. The van der Waals surface area contributed by atoms with E-state index in [4.69, 9.17) is 4.74 Å². The molecule has 0 spiro atoms. The number of morpholine rings is 1. The van der Waals surface area contributed by atoms with Crippen LogP contribution in [0.2, 0.25) is 0 Å². The van der Waals surface area contributed by atoms with Gasteiger partial charge in [0.25, 0.3) is 0 Å². The smallest absolute Gasteiger partial charge is 0.217 e. The lowest BCUT2D eigenvalue weighted by Gasteiger charge is -2.35. The molecule has 0 aromatic rings. The first-order chi connectivity index (χ1) is 7.66. The van der Waals surface area contributed by atoms with Gasteiger partial charge in [-0.3, -0.25) is 0 Å². The zero-order valence-electron chi connectivity index (χ0n) is 9.34. The van der Waals surface area contributed by atoms with Crippen molar-refractivity contribution < 1.29 is 18.3 Å². The monoisotopic (exact) mass is 249 g/mol. The second-order valence-corrected chi connectivity index (χ2v) is 6.64. The summed E-state index contributed by atoms with van der Waals surface area (Å²) in [5, 5.41) is 8.95. The van der Waals surface area contributed by atoms with Gasteiger partial charge in [-0.15, -0.1) is 0 Å². The van der Waals surface area contributed by atoms with Gasteiger partial charge in [0, 0.05) is 6.54 Å². The maximum atomic E-state index is 12.3. The molecule has 1 saturated carbocycles. The normalized spacial score (nSPS) is 29.7. The molecule has 1 atom stereocenters. The standard InChI is InChI=1S/C10H19NO4S/c12-7-9-8-15-6-5-11(9)16(13,14)10-3-1-2-4-10/h9-10,12H,1-8H2. The minimum Gasteiger partial charge on any atom is -0.395 e. The Morgan fingerprint density at radius 1 is 1.31 bits per heavy atom. The largest absolute Gasteiger partial charge is 0.395 e. The van der Waals surface area contributed by atoms with Crippen LogP contribution in [0.3, 0.4) is 0 Å². The number of ether oxygens (including phenoxy) is 1. The molecule has 1 aliphatic carbocycles. The molecule has 6 heteroatoms. The van der Waals surface area contributed by atoms with Gasteiger partial charge in [-0.1, -0.05) is 12.8 Å². The fraction of sp³-hybridized carbons (Fsp3) is 1.00. The second kappa shape index (κ2) is 5.00. The molecule has 1 N–H and O–H groups in total. The number of aliphatic hydroxyl groups excluding tert-OH is 1. The maximum Gasteiger partial charge on any atom is 0.217 e. The van der Waals surface area contributed by atoms with Gasteiger partial charge in [-0.25, -0.2) is 8.42 Å². The molecule has 0 aromatic heterocycles. The van der Waals surface area contributed by atoms with E-state index in [-0.39, 0.29) is 17.9 Å². The predicted octanol–water partition coefficient (Wildman–Crippen LogP) is -0.0481. The van der Waals surface area contributed by atoms with Crippen LogP contribution in [-0.2, 0) is 14.8 Å². The van der Waals surface area contributed by atoms with E-state index in [0.717, 1.165) is 25.7 Å². The zero-order chi connectivity index (χ0) is 11.6. The molecule has 0 amide bonds. The maximum absolute atomic E-state index is 12.3. The summed E-state index contributed by atoms with van der Waals surface area (Å²) in [5.41, 5.74) is 0. The summed E-state index contributed by atoms with van der Waals surface area (Å²) in [5.74, 6) is 0. The Labute approximate surface area is 96.4 Å². The van der Waals surface area contributed by atoms with Gasteiger partial charge in [0.1, 0.15) is 0 Å². The van der Waals surface area contributed by atoms with Crippen LogP contribution >= 0.6 is 0 Å². The van der Waals surface area contributed by atoms with Gasteiger partial charge in [0.05, 0.1) is 31.1 Å². The van der Waals surface area contributed by atoms with Crippen molar-refractivity contribution in [1.82, 2.24) is 4.31 Å². The Bertz CT molecular complexity index is 324. The van der Waals surface area contributed by atoms with Gasteiger partial charge in [-0.05, 0) is 12.8 Å². The predicted molar refractivity (Wildman–Crippen MR) is 59.6 cm³/mol. The molecule has 16 heavy (non-hydrogen) atoms. The number of nitrogens with zero attached hydrogens (tertiary/aromatic N) is 1. The highest BCUT2D eigenvalue weighted by Gasteiger charge is 2.39. The molecule has 2 rings (SSSR count). The van der Waals surface area contributed by atoms with Crippen LogP contribution in [0.25, 0.3) is 0 Å². The van der Waals surface area contributed by atoms with Crippen molar-refractivity contribution in [3.8, 4) is 0 Å². The molecule has 2 fully saturated rings. The quantitative estimate of drug-likeness (QED) is 0.761. The van der Waals surface area contributed by atoms with E-state index in [1.165, 1.54) is 4.31 Å². The third-order valence-corrected chi connectivity index (χ3v) is 5.88. The van der Waals surface area contributed by atoms with Crippen molar-refractivity contribution in [3.63, 3.8) is 0 Å². The van der Waals surface area contributed by atoms with Crippen molar-refractivity contribution in [1.29, 1.82) is 0 Å². The van der Waals surface area contributed by atoms with Gasteiger partial charge in [0.2, 0.25) is 10.0 Å². The van der Waals surface area contributed by atoms with E-state index in [2.05, 4.69) is 0 Å². The number of sulfonamides is 1. The van der Waals surface area contributed by atoms with Gasteiger partial charge < -0.3 is 9.84 Å². The van der Waals surface area contributed by atoms with Crippen molar-refractivity contribution in [3.05, 3.63) is 0 Å². The van der Waals surface area contributed by atoms with Crippen LogP contribution in [0.5, 0.6) is 0 Å². The Morgan fingerprint density at radius 2 is 2.00 bits per heavy atom. The minimum absolute atomic E-state index is 0.161. The van der Waals surface area contributed by atoms with E-state index >= 15 is 0 Å². The van der Waals surface area contributed by atoms with Gasteiger partial charge >= 0.3 is 0 Å². The lowest BCUT2D eigenvalue weighted by Crippen LogP contribution is -2.52. The third kappa shape index (κ3) is 2.25. The minimum atomic E-state index is -3.23. The molecule has 0 bridgehead atoms. The summed E-state index contributed by atoms with van der Waals surface area (Å²) in [4.78, 5) is 0. The Hall–Kier alpha value is -0.170. The van der Waals surface area contributed by atoms with Crippen molar-refractivity contribution in [2.45, 2.75) is 37.0 Å². The van der Waals surface area contributed by atoms with Crippen LogP contribution in [-0.4, -0.2) is 55.5 Å². The summed E-state index contributed by atoms with van der Waals surface area (Å²) >= 11 is 0. The average molecular weight is 249 g/mol. The summed E-state index contributed by atoms with van der Waals surface area (Å²) in [6.45, 7) is 0.959. The molecule has 2 aliphatic rings. The molecule has 0 aromatic carbocycles. The summed E-state index contributed by atoms with van der Waals surface area (Å²) in [7, 11) is -3.23. The first-order valence-corrected chi connectivity index (χ1v) is 7.36. The fourth-order valence-corrected chi connectivity index (χ4v) is 4.68. The lowest BCUT2D eigenvalue weighted by atomic mass is 10.3. The molecule has 5 nitrogen and oxygen atoms in total. The van der Waals surface area contributed by atoms with Crippen molar-refractivity contribution >= 4 is 10.0 Å². The van der Waals surface area contributed by atoms with Crippen molar-refractivity contribution in [2.24, 2.45) is 0 Å². The van der Waals surface area contributed by atoms with Gasteiger partial charge in [0.15, 0.2) is 0 Å². The topological polar surface area (TPSA) is 66.8 Å². The first kappa shape index (κ1) is 12.3. The van der Waals surface area contributed by atoms with Gasteiger partial charge in [-0.2, -0.15) is 4.31 Å². The highest BCUT2D eigenvalue weighted by Crippen LogP contribution is 2.28. The molecule has 94 valence electrons. The molecule has 1 saturated heterocycles.